The number of rotatable bonds is 0. The van der Waals surface area contributed by atoms with Crippen molar-refractivity contribution in [2.24, 2.45) is 0 Å². The molecular formula is C29H18N2S3+2. The van der Waals surface area contributed by atoms with Gasteiger partial charge in [-0.15, -0.1) is 4.57 Å². The Balaban J connectivity index is 1.57. The molecule has 0 saturated heterocycles. The van der Waals surface area contributed by atoms with Gasteiger partial charge in [0.25, 0.3) is 5.01 Å². The first-order valence-electron chi connectivity index (χ1n) is 11.3. The normalized spacial score (nSPS) is 17.9. The highest BCUT2D eigenvalue weighted by Gasteiger charge is 2.63. The topological polar surface area (TPSA) is 7.76 Å². The van der Waals surface area contributed by atoms with Crippen molar-refractivity contribution in [2.75, 3.05) is 0 Å². The number of hydrogen-bond donors (Lipinski definition) is 0. The van der Waals surface area contributed by atoms with E-state index in [9.17, 15) is 0 Å². The molecule has 5 heteroatoms. The van der Waals surface area contributed by atoms with Gasteiger partial charge in [-0.25, -0.2) is 0 Å². The van der Waals surface area contributed by atoms with E-state index < -0.39 is 4.33 Å². The van der Waals surface area contributed by atoms with Crippen molar-refractivity contribution >= 4 is 55.8 Å². The molecule has 2 nitrogen and oxygen atoms in total. The Morgan fingerprint density at radius 2 is 1.29 bits per heavy atom. The van der Waals surface area contributed by atoms with Crippen LogP contribution >= 0.6 is 34.9 Å². The molecule has 1 atom stereocenters. The number of thiazole rings is 1. The Labute approximate surface area is 209 Å². The molecule has 0 aliphatic carbocycles. The number of para-hydroxylation sites is 1. The van der Waals surface area contributed by atoms with Gasteiger partial charge in [0.2, 0.25) is 11.2 Å². The van der Waals surface area contributed by atoms with Crippen LogP contribution in [0, 0.1) is 0 Å². The fraction of sp³-hybridized carbons (Fsp3) is 0.0345. The predicted molar refractivity (Wildman–Crippen MR) is 142 cm³/mol. The summed E-state index contributed by atoms with van der Waals surface area (Å²) in [6, 6.07) is 37.6. The number of pyridine rings is 1. The van der Waals surface area contributed by atoms with Crippen LogP contribution in [0.5, 0.6) is 0 Å². The summed E-state index contributed by atoms with van der Waals surface area (Å²) < 4.78 is 6.01. The lowest BCUT2D eigenvalue weighted by Crippen LogP contribution is -2.72. The van der Waals surface area contributed by atoms with Crippen molar-refractivity contribution < 1.29 is 9.13 Å². The van der Waals surface area contributed by atoms with Gasteiger partial charge < -0.3 is 0 Å². The minimum Gasteiger partial charge on any atom is -0.113 e. The molecule has 34 heavy (non-hydrogen) atoms. The molecule has 0 N–H and O–H groups in total. The number of aromatic nitrogens is 2. The molecule has 2 aliphatic rings. The van der Waals surface area contributed by atoms with E-state index in [0.717, 1.165) is 0 Å². The van der Waals surface area contributed by atoms with Gasteiger partial charge in [-0.2, -0.15) is 0 Å². The Kier molecular flexibility index (Phi) is 3.93. The van der Waals surface area contributed by atoms with E-state index in [0.29, 0.717) is 0 Å². The largest absolute Gasteiger partial charge is 0.472 e. The SMILES string of the molecule is c1ccc2c(c1)SC1(Sc3ccccc3-c3sc4ccccc4[n+]31)[n+]1ccc3ccccc3c1-2. The quantitative estimate of drug-likeness (QED) is 0.207. The summed E-state index contributed by atoms with van der Waals surface area (Å²) in [5, 5.41) is 3.87. The lowest BCUT2D eigenvalue weighted by Gasteiger charge is -2.31. The smallest absolute Gasteiger partial charge is 0.113 e. The molecule has 0 bridgehead atoms. The second-order valence-corrected chi connectivity index (χ2v) is 12.3. The minimum atomic E-state index is -0.406. The number of thioether (sulfide) groups is 2. The summed E-state index contributed by atoms with van der Waals surface area (Å²) in [5.41, 5.74) is 5.19. The lowest BCUT2D eigenvalue weighted by molar-refractivity contribution is -0.914. The Bertz CT molecular complexity index is 1780. The average Bonchev–Trinajstić information content (AvgIpc) is 3.29. The van der Waals surface area contributed by atoms with Gasteiger partial charge in [0.05, 0.1) is 16.5 Å². The fourth-order valence-corrected chi connectivity index (χ4v) is 9.85. The van der Waals surface area contributed by atoms with Crippen molar-refractivity contribution in [3.05, 3.63) is 109 Å². The summed E-state index contributed by atoms with van der Waals surface area (Å²) in [7, 11) is 0. The molecule has 1 unspecified atom stereocenters. The van der Waals surface area contributed by atoms with Gasteiger partial charge >= 0.3 is 4.33 Å². The molecule has 160 valence electrons. The van der Waals surface area contributed by atoms with Crippen LogP contribution < -0.4 is 9.13 Å². The van der Waals surface area contributed by atoms with Crippen LogP contribution in [-0.4, -0.2) is 0 Å². The Hall–Kier alpha value is -3.12. The van der Waals surface area contributed by atoms with Gasteiger partial charge in [-0.05, 0) is 41.8 Å². The standard InChI is InChI=1S/C29H18N2S3/c1-2-10-20-19(9-1)17-18-30-27(20)21-11-3-6-14-24(21)33-29(30)31-23-13-5-8-16-26(23)32-28(31)22-12-4-7-15-25(22)34-29/h1-18H/q+2. The zero-order valence-corrected chi connectivity index (χ0v) is 20.5. The van der Waals surface area contributed by atoms with Crippen LogP contribution in [0.15, 0.2) is 119 Å². The first-order chi connectivity index (χ1) is 16.8. The average molecular weight is 491 g/mol. The molecule has 8 rings (SSSR count). The van der Waals surface area contributed by atoms with Gasteiger partial charge in [-0.1, -0.05) is 70.5 Å². The number of benzene rings is 4. The first-order valence-corrected chi connectivity index (χ1v) is 13.7. The molecule has 0 amide bonds. The van der Waals surface area contributed by atoms with E-state index in [1.165, 1.54) is 52.6 Å². The van der Waals surface area contributed by atoms with E-state index in [2.05, 4.69) is 118 Å². The predicted octanol–water partition coefficient (Wildman–Crippen LogP) is 7.29. The van der Waals surface area contributed by atoms with Crippen molar-refractivity contribution in [1.29, 1.82) is 0 Å². The molecule has 0 fully saturated rings. The van der Waals surface area contributed by atoms with E-state index >= 15 is 0 Å². The van der Waals surface area contributed by atoms with Crippen LogP contribution in [0.1, 0.15) is 0 Å². The molecule has 6 aromatic rings. The van der Waals surface area contributed by atoms with Crippen molar-refractivity contribution in [1.82, 2.24) is 0 Å². The Morgan fingerprint density at radius 1 is 0.618 bits per heavy atom. The second-order valence-electron chi connectivity index (χ2n) is 8.58. The van der Waals surface area contributed by atoms with Crippen molar-refractivity contribution in [3.8, 4) is 21.8 Å². The third-order valence-electron chi connectivity index (χ3n) is 6.71. The van der Waals surface area contributed by atoms with Gasteiger partial charge in [-0.3, -0.25) is 0 Å². The number of hydrogen-bond acceptors (Lipinski definition) is 3. The van der Waals surface area contributed by atoms with Crippen LogP contribution in [-0.2, 0) is 4.33 Å². The molecule has 2 aliphatic heterocycles. The van der Waals surface area contributed by atoms with E-state index in [4.69, 9.17) is 0 Å². The minimum absolute atomic E-state index is 0.406. The molecule has 4 aromatic carbocycles. The third-order valence-corrected chi connectivity index (χ3v) is 10.8. The van der Waals surface area contributed by atoms with E-state index in [1.54, 1.807) is 0 Å². The monoisotopic (exact) mass is 490 g/mol. The lowest BCUT2D eigenvalue weighted by atomic mass is 10.0. The zero-order valence-electron chi connectivity index (χ0n) is 18.0. The summed E-state index contributed by atoms with van der Waals surface area (Å²) in [6.45, 7) is 0. The van der Waals surface area contributed by atoms with Crippen LogP contribution in [0.25, 0.3) is 42.8 Å². The summed E-state index contributed by atoms with van der Waals surface area (Å²) in [4.78, 5) is 2.65. The molecule has 4 heterocycles. The number of nitrogens with zero attached hydrogens (tertiary/aromatic N) is 2. The van der Waals surface area contributed by atoms with Gasteiger partial charge in [0.15, 0.2) is 6.20 Å². The Morgan fingerprint density at radius 3 is 2.18 bits per heavy atom. The van der Waals surface area contributed by atoms with Crippen molar-refractivity contribution in [2.45, 2.75) is 14.1 Å². The second kappa shape index (κ2) is 6.95. The molecular weight excluding hydrogens is 473 g/mol. The maximum absolute atomic E-state index is 2.58. The van der Waals surface area contributed by atoms with E-state index in [1.807, 2.05) is 34.9 Å². The van der Waals surface area contributed by atoms with Crippen LogP contribution in [0.4, 0.5) is 0 Å². The maximum Gasteiger partial charge on any atom is 0.472 e. The maximum atomic E-state index is 2.58. The third kappa shape index (κ3) is 2.44. The van der Waals surface area contributed by atoms with Gasteiger partial charge in [0.1, 0.15) is 4.70 Å². The van der Waals surface area contributed by atoms with Crippen LogP contribution in [0.3, 0.4) is 0 Å². The summed E-state index contributed by atoms with van der Waals surface area (Å²) in [6.07, 6.45) is 2.30. The first kappa shape index (κ1) is 19.2. The van der Waals surface area contributed by atoms with Gasteiger partial charge in [0, 0.05) is 45.4 Å². The fourth-order valence-electron chi connectivity index (χ4n) is 5.26. The molecule has 0 radical (unpaired) electrons. The zero-order chi connectivity index (χ0) is 22.3. The summed E-state index contributed by atoms with van der Waals surface area (Å²) >= 11 is 5.80. The highest BCUT2D eigenvalue weighted by molar-refractivity contribution is 8.16. The number of fused-ring (bicyclic) bond motifs is 12. The molecule has 0 saturated carbocycles. The highest BCUT2D eigenvalue weighted by atomic mass is 32.2. The van der Waals surface area contributed by atoms with E-state index in [-0.39, 0.29) is 0 Å². The summed E-state index contributed by atoms with van der Waals surface area (Å²) in [5.74, 6) is 0. The molecule has 1 spiro atoms. The van der Waals surface area contributed by atoms with Crippen LogP contribution in [0.2, 0.25) is 0 Å². The highest BCUT2D eigenvalue weighted by Crippen LogP contribution is 2.56. The molecule has 2 aromatic heterocycles. The van der Waals surface area contributed by atoms with Crippen molar-refractivity contribution in [3.63, 3.8) is 0 Å².